The van der Waals surface area contributed by atoms with Crippen LogP contribution in [0.3, 0.4) is 0 Å². The van der Waals surface area contributed by atoms with Gasteiger partial charge in [-0.25, -0.2) is 8.42 Å². The van der Waals surface area contributed by atoms with Gasteiger partial charge in [-0.2, -0.15) is 0 Å². The van der Waals surface area contributed by atoms with Gasteiger partial charge in [-0.05, 0) is 31.4 Å². The average Bonchev–Trinajstić information content (AvgIpc) is 2.46. The molecule has 0 atom stereocenters. The van der Waals surface area contributed by atoms with Gasteiger partial charge >= 0.3 is 0 Å². The Balaban J connectivity index is 2.82. The summed E-state index contributed by atoms with van der Waals surface area (Å²) >= 11 is 0. The number of benzene rings is 1. The molecule has 0 bridgehead atoms. The molecule has 112 valence electrons. The standard InChI is InChI=1S/C15H22O4S/c1-4-5-6-7-8-11-20(16,17)15-12-13(18-2)9-10-14(15)19-3/h4,9-10,12H,1,5-8,11H2,2-3H3. The Morgan fingerprint density at radius 2 is 1.90 bits per heavy atom. The van der Waals surface area contributed by atoms with E-state index < -0.39 is 9.84 Å². The molecule has 0 saturated carbocycles. The zero-order valence-corrected chi connectivity index (χ0v) is 12.9. The summed E-state index contributed by atoms with van der Waals surface area (Å²) in [6, 6.07) is 4.81. The van der Waals surface area contributed by atoms with Gasteiger partial charge in [0.2, 0.25) is 0 Å². The Morgan fingerprint density at radius 1 is 1.15 bits per heavy atom. The van der Waals surface area contributed by atoms with Crippen LogP contribution < -0.4 is 9.47 Å². The second-order valence-electron chi connectivity index (χ2n) is 4.47. The SMILES string of the molecule is C=CCCCCCS(=O)(=O)c1cc(OC)ccc1OC. The van der Waals surface area contributed by atoms with Crippen LogP contribution in [0.25, 0.3) is 0 Å². The van der Waals surface area contributed by atoms with Gasteiger partial charge in [0.1, 0.15) is 16.4 Å². The molecular formula is C15H22O4S. The number of hydrogen-bond acceptors (Lipinski definition) is 4. The monoisotopic (exact) mass is 298 g/mol. The molecule has 0 N–H and O–H groups in total. The van der Waals surface area contributed by atoms with Crippen molar-refractivity contribution in [1.29, 1.82) is 0 Å². The van der Waals surface area contributed by atoms with Gasteiger partial charge in [-0.1, -0.05) is 12.5 Å². The normalized spacial score (nSPS) is 11.1. The number of methoxy groups -OCH3 is 2. The Morgan fingerprint density at radius 3 is 2.50 bits per heavy atom. The third kappa shape index (κ3) is 4.56. The minimum absolute atomic E-state index is 0.119. The van der Waals surface area contributed by atoms with Gasteiger partial charge in [-0.3, -0.25) is 0 Å². The van der Waals surface area contributed by atoms with Crippen LogP contribution >= 0.6 is 0 Å². The molecule has 0 spiro atoms. The molecule has 0 aliphatic rings. The summed E-state index contributed by atoms with van der Waals surface area (Å²) < 4.78 is 34.9. The highest BCUT2D eigenvalue weighted by molar-refractivity contribution is 7.91. The van der Waals surface area contributed by atoms with E-state index in [0.717, 1.165) is 19.3 Å². The molecule has 4 nitrogen and oxygen atoms in total. The van der Waals surface area contributed by atoms with Crippen LogP contribution in [0.2, 0.25) is 0 Å². The predicted octanol–water partition coefficient (Wildman–Crippen LogP) is 3.22. The Hall–Kier alpha value is -1.49. The van der Waals surface area contributed by atoms with Crippen LogP contribution in [0, 0.1) is 0 Å². The summed E-state index contributed by atoms with van der Waals surface area (Å²) in [5.41, 5.74) is 0. The van der Waals surface area contributed by atoms with E-state index in [2.05, 4.69) is 6.58 Å². The van der Waals surface area contributed by atoms with Crippen LogP contribution in [0.1, 0.15) is 25.7 Å². The lowest BCUT2D eigenvalue weighted by Crippen LogP contribution is -2.09. The van der Waals surface area contributed by atoms with Crippen LogP contribution in [0.15, 0.2) is 35.7 Å². The third-order valence-corrected chi connectivity index (χ3v) is 4.84. The Kier molecular flexibility index (Phi) is 6.58. The maximum Gasteiger partial charge on any atom is 0.182 e. The second-order valence-corrected chi connectivity index (χ2v) is 6.55. The number of sulfone groups is 1. The molecule has 0 aliphatic heterocycles. The predicted molar refractivity (Wildman–Crippen MR) is 80.3 cm³/mol. The van der Waals surface area contributed by atoms with Crippen LogP contribution in [0.5, 0.6) is 11.5 Å². The van der Waals surface area contributed by atoms with E-state index in [0.29, 0.717) is 17.9 Å². The summed E-state index contributed by atoms with van der Waals surface area (Å²) in [7, 11) is -0.383. The largest absolute Gasteiger partial charge is 0.497 e. The average molecular weight is 298 g/mol. The Labute approximate surface area is 121 Å². The lowest BCUT2D eigenvalue weighted by atomic mass is 10.2. The van der Waals surface area contributed by atoms with E-state index in [9.17, 15) is 8.42 Å². The highest BCUT2D eigenvalue weighted by atomic mass is 32.2. The van der Waals surface area contributed by atoms with Gasteiger partial charge in [0, 0.05) is 6.07 Å². The number of ether oxygens (including phenoxy) is 2. The van der Waals surface area contributed by atoms with Crippen molar-refractivity contribution in [2.75, 3.05) is 20.0 Å². The van der Waals surface area contributed by atoms with Crippen molar-refractivity contribution in [3.05, 3.63) is 30.9 Å². The summed E-state index contributed by atoms with van der Waals surface area (Å²) in [6.07, 6.45) is 5.24. The lowest BCUT2D eigenvalue weighted by molar-refractivity contribution is 0.392. The van der Waals surface area contributed by atoms with Crippen LogP contribution in [-0.2, 0) is 9.84 Å². The highest BCUT2D eigenvalue weighted by Crippen LogP contribution is 2.29. The molecule has 0 amide bonds. The van der Waals surface area contributed by atoms with Crippen molar-refractivity contribution < 1.29 is 17.9 Å². The molecule has 1 rings (SSSR count). The Bertz CT molecular complexity index is 535. The summed E-state index contributed by atoms with van der Waals surface area (Å²) in [6.45, 7) is 3.65. The fourth-order valence-electron chi connectivity index (χ4n) is 1.89. The first kappa shape index (κ1) is 16.6. The topological polar surface area (TPSA) is 52.6 Å². The molecule has 0 radical (unpaired) electrons. The first-order valence-corrected chi connectivity index (χ1v) is 8.26. The van der Waals surface area contributed by atoms with Gasteiger partial charge in [0.05, 0.1) is 20.0 Å². The summed E-state index contributed by atoms with van der Waals surface area (Å²) in [5, 5.41) is 0. The molecule has 20 heavy (non-hydrogen) atoms. The molecule has 0 unspecified atom stereocenters. The summed E-state index contributed by atoms with van der Waals surface area (Å²) in [4.78, 5) is 0.197. The van der Waals surface area contributed by atoms with Crippen molar-refractivity contribution in [3.63, 3.8) is 0 Å². The van der Waals surface area contributed by atoms with E-state index in [1.807, 2.05) is 6.08 Å². The number of hydrogen-bond donors (Lipinski definition) is 0. The van der Waals surface area contributed by atoms with Crippen molar-refractivity contribution in [2.45, 2.75) is 30.6 Å². The lowest BCUT2D eigenvalue weighted by Gasteiger charge is -2.11. The molecule has 0 fully saturated rings. The van der Waals surface area contributed by atoms with Crippen molar-refractivity contribution in [2.24, 2.45) is 0 Å². The first-order valence-electron chi connectivity index (χ1n) is 6.61. The number of rotatable bonds is 9. The minimum Gasteiger partial charge on any atom is -0.497 e. The molecular weight excluding hydrogens is 276 g/mol. The second kappa shape index (κ2) is 7.94. The minimum atomic E-state index is -3.35. The molecule has 0 aromatic heterocycles. The van der Waals surface area contributed by atoms with E-state index in [-0.39, 0.29) is 10.6 Å². The van der Waals surface area contributed by atoms with Gasteiger partial charge in [-0.15, -0.1) is 6.58 Å². The van der Waals surface area contributed by atoms with Crippen molar-refractivity contribution >= 4 is 9.84 Å². The smallest absolute Gasteiger partial charge is 0.182 e. The van der Waals surface area contributed by atoms with Crippen LogP contribution in [-0.4, -0.2) is 28.4 Å². The fourth-order valence-corrected chi connectivity index (χ4v) is 3.45. The molecule has 5 heteroatoms. The quantitative estimate of drug-likeness (QED) is 0.519. The van der Waals surface area contributed by atoms with Gasteiger partial charge in [0.15, 0.2) is 9.84 Å². The molecule has 0 saturated heterocycles. The maximum absolute atomic E-state index is 12.4. The van der Waals surface area contributed by atoms with E-state index in [1.165, 1.54) is 20.3 Å². The van der Waals surface area contributed by atoms with Crippen molar-refractivity contribution in [1.82, 2.24) is 0 Å². The van der Waals surface area contributed by atoms with E-state index in [4.69, 9.17) is 9.47 Å². The maximum atomic E-state index is 12.4. The fraction of sp³-hybridized carbons (Fsp3) is 0.467. The zero-order chi connectivity index (χ0) is 15.0. The summed E-state index contributed by atoms with van der Waals surface area (Å²) in [5.74, 6) is 0.987. The zero-order valence-electron chi connectivity index (χ0n) is 12.1. The number of unbranched alkanes of at least 4 members (excludes halogenated alkanes) is 3. The van der Waals surface area contributed by atoms with Gasteiger partial charge in [0.25, 0.3) is 0 Å². The molecule has 1 aromatic carbocycles. The third-order valence-electron chi connectivity index (χ3n) is 3.03. The molecule has 1 aromatic rings. The molecule has 0 heterocycles. The van der Waals surface area contributed by atoms with Crippen molar-refractivity contribution in [3.8, 4) is 11.5 Å². The number of allylic oxidation sites excluding steroid dienone is 1. The molecule has 0 aliphatic carbocycles. The highest BCUT2D eigenvalue weighted by Gasteiger charge is 2.20. The first-order chi connectivity index (χ1) is 9.55. The van der Waals surface area contributed by atoms with E-state index in [1.54, 1.807) is 12.1 Å². The van der Waals surface area contributed by atoms with Crippen LogP contribution in [0.4, 0.5) is 0 Å². The van der Waals surface area contributed by atoms with E-state index >= 15 is 0 Å². The van der Waals surface area contributed by atoms with Gasteiger partial charge < -0.3 is 9.47 Å².